The maximum atomic E-state index is 12.8. The number of nitrogens with zero attached hydrogens (tertiary/aromatic N) is 1. The minimum absolute atomic E-state index is 0.209. The number of carbonyl (C=O) groups is 1. The first-order valence-electron chi connectivity index (χ1n) is 7.05. The summed E-state index contributed by atoms with van der Waals surface area (Å²) in [6, 6.07) is 6.60. The van der Waals surface area contributed by atoms with Gasteiger partial charge in [0, 0.05) is 19.0 Å². The fraction of sp³-hybridized carbons (Fsp3) is 0.562. The number of carbonyl (C=O) groups excluding carboxylic acids is 1. The standard InChI is InChI=1S/C16H22FNO/c1-12(2)18(10-14-3-4-14)11-16(19)9-13-5-7-15(17)8-6-13/h5-8,12,14H,3-4,9-11H2,1-2H3. The summed E-state index contributed by atoms with van der Waals surface area (Å²) in [5, 5.41) is 0. The second-order valence-electron chi connectivity index (χ2n) is 5.81. The zero-order chi connectivity index (χ0) is 13.8. The van der Waals surface area contributed by atoms with Gasteiger partial charge in [-0.25, -0.2) is 4.39 Å². The molecule has 2 nitrogen and oxygen atoms in total. The Kier molecular flexibility index (Phi) is 4.70. The maximum Gasteiger partial charge on any atom is 0.151 e. The van der Waals surface area contributed by atoms with E-state index in [0.717, 1.165) is 18.0 Å². The van der Waals surface area contributed by atoms with Gasteiger partial charge < -0.3 is 0 Å². The first-order valence-corrected chi connectivity index (χ1v) is 7.05. The van der Waals surface area contributed by atoms with Crippen LogP contribution in [0.15, 0.2) is 24.3 Å². The van der Waals surface area contributed by atoms with Crippen LogP contribution in [-0.4, -0.2) is 29.8 Å². The molecule has 104 valence electrons. The Hall–Kier alpha value is -1.22. The molecule has 0 heterocycles. The molecule has 1 aromatic carbocycles. The molecule has 1 aliphatic carbocycles. The highest BCUT2D eigenvalue weighted by atomic mass is 19.1. The molecule has 0 bridgehead atoms. The van der Waals surface area contributed by atoms with Crippen molar-refractivity contribution in [1.82, 2.24) is 4.90 Å². The van der Waals surface area contributed by atoms with Gasteiger partial charge in [-0.3, -0.25) is 9.69 Å². The summed E-state index contributed by atoms with van der Waals surface area (Å²) in [5.74, 6) is 0.746. The van der Waals surface area contributed by atoms with E-state index in [0.29, 0.717) is 19.0 Å². The van der Waals surface area contributed by atoms with E-state index in [1.54, 1.807) is 12.1 Å². The van der Waals surface area contributed by atoms with E-state index < -0.39 is 0 Å². The molecule has 2 rings (SSSR count). The minimum atomic E-state index is -0.256. The number of hydrogen-bond acceptors (Lipinski definition) is 2. The van der Waals surface area contributed by atoms with Gasteiger partial charge in [0.15, 0.2) is 5.78 Å². The zero-order valence-electron chi connectivity index (χ0n) is 11.7. The van der Waals surface area contributed by atoms with Crippen molar-refractivity contribution in [1.29, 1.82) is 0 Å². The van der Waals surface area contributed by atoms with Gasteiger partial charge in [-0.15, -0.1) is 0 Å². The average molecular weight is 263 g/mol. The van der Waals surface area contributed by atoms with Gasteiger partial charge in [0.25, 0.3) is 0 Å². The molecule has 0 N–H and O–H groups in total. The summed E-state index contributed by atoms with van der Waals surface area (Å²) in [4.78, 5) is 14.3. The van der Waals surface area contributed by atoms with Crippen LogP contribution >= 0.6 is 0 Å². The molecule has 0 radical (unpaired) electrons. The van der Waals surface area contributed by atoms with Crippen molar-refractivity contribution in [2.45, 2.75) is 39.2 Å². The third-order valence-electron chi connectivity index (χ3n) is 3.61. The Labute approximate surface area is 114 Å². The second kappa shape index (κ2) is 6.29. The molecule has 3 heteroatoms. The van der Waals surface area contributed by atoms with E-state index in [9.17, 15) is 9.18 Å². The highest BCUT2D eigenvalue weighted by Gasteiger charge is 2.26. The Bertz CT molecular complexity index is 423. The average Bonchev–Trinajstić information content (AvgIpc) is 3.15. The van der Waals surface area contributed by atoms with Crippen LogP contribution in [0.2, 0.25) is 0 Å². The SMILES string of the molecule is CC(C)N(CC(=O)Cc1ccc(F)cc1)CC1CC1. The van der Waals surface area contributed by atoms with Crippen molar-refractivity contribution >= 4 is 5.78 Å². The van der Waals surface area contributed by atoms with Crippen LogP contribution in [0.5, 0.6) is 0 Å². The predicted octanol–water partition coefficient (Wildman–Crippen LogP) is 3.06. The molecule has 0 saturated heterocycles. The minimum Gasteiger partial charge on any atom is -0.298 e. The first kappa shape index (κ1) is 14.2. The topological polar surface area (TPSA) is 20.3 Å². The van der Waals surface area contributed by atoms with Crippen molar-refractivity contribution in [3.8, 4) is 0 Å². The fourth-order valence-corrected chi connectivity index (χ4v) is 2.20. The molecule has 1 fully saturated rings. The molecular formula is C16H22FNO. The molecule has 1 saturated carbocycles. The van der Waals surface area contributed by atoms with Gasteiger partial charge in [-0.1, -0.05) is 12.1 Å². The Morgan fingerprint density at radius 3 is 2.47 bits per heavy atom. The van der Waals surface area contributed by atoms with Crippen LogP contribution < -0.4 is 0 Å². The van der Waals surface area contributed by atoms with E-state index in [1.807, 2.05) is 0 Å². The third kappa shape index (κ3) is 4.75. The normalized spacial score (nSPS) is 15.2. The van der Waals surface area contributed by atoms with Gasteiger partial charge in [0.05, 0.1) is 6.54 Å². The fourth-order valence-electron chi connectivity index (χ4n) is 2.20. The first-order chi connectivity index (χ1) is 9.04. The lowest BCUT2D eigenvalue weighted by Gasteiger charge is -2.25. The van der Waals surface area contributed by atoms with Gasteiger partial charge in [0.1, 0.15) is 5.82 Å². The van der Waals surface area contributed by atoms with Gasteiger partial charge >= 0.3 is 0 Å². The van der Waals surface area contributed by atoms with E-state index in [-0.39, 0.29) is 11.6 Å². The Morgan fingerprint density at radius 1 is 1.32 bits per heavy atom. The number of rotatable bonds is 7. The molecule has 0 aromatic heterocycles. The van der Waals surface area contributed by atoms with Crippen molar-refractivity contribution in [3.05, 3.63) is 35.6 Å². The van der Waals surface area contributed by atoms with E-state index in [1.165, 1.54) is 25.0 Å². The van der Waals surface area contributed by atoms with Gasteiger partial charge in [0.2, 0.25) is 0 Å². The molecular weight excluding hydrogens is 241 g/mol. The molecule has 0 spiro atoms. The van der Waals surface area contributed by atoms with E-state index in [2.05, 4.69) is 18.7 Å². The molecule has 1 aliphatic rings. The highest BCUT2D eigenvalue weighted by Crippen LogP contribution is 2.30. The molecule has 0 unspecified atom stereocenters. The Morgan fingerprint density at radius 2 is 1.95 bits per heavy atom. The second-order valence-corrected chi connectivity index (χ2v) is 5.81. The van der Waals surface area contributed by atoms with Crippen LogP contribution in [0.4, 0.5) is 4.39 Å². The summed E-state index contributed by atoms with van der Waals surface area (Å²) < 4.78 is 12.8. The number of benzene rings is 1. The van der Waals surface area contributed by atoms with Crippen LogP contribution in [-0.2, 0) is 11.2 Å². The van der Waals surface area contributed by atoms with Crippen LogP contribution in [0.1, 0.15) is 32.3 Å². The largest absolute Gasteiger partial charge is 0.298 e. The smallest absolute Gasteiger partial charge is 0.151 e. The molecule has 0 amide bonds. The van der Waals surface area contributed by atoms with Crippen LogP contribution in [0.3, 0.4) is 0 Å². The number of ketones is 1. The van der Waals surface area contributed by atoms with E-state index in [4.69, 9.17) is 0 Å². The molecule has 0 atom stereocenters. The summed E-state index contributed by atoms with van der Waals surface area (Å²) in [5.41, 5.74) is 0.890. The van der Waals surface area contributed by atoms with Crippen molar-refractivity contribution < 1.29 is 9.18 Å². The lowest BCUT2D eigenvalue weighted by atomic mass is 10.1. The number of hydrogen-bond donors (Lipinski definition) is 0. The molecule has 19 heavy (non-hydrogen) atoms. The summed E-state index contributed by atoms with van der Waals surface area (Å²) in [6.07, 6.45) is 3.00. The number of Topliss-reactive ketones (excluding diaryl/α,β-unsaturated/α-hetero) is 1. The van der Waals surface area contributed by atoms with Gasteiger partial charge in [-0.05, 0) is 50.3 Å². The van der Waals surface area contributed by atoms with Gasteiger partial charge in [-0.2, -0.15) is 0 Å². The highest BCUT2D eigenvalue weighted by molar-refractivity contribution is 5.82. The van der Waals surface area contributed by atoms with Crippen LogP contribution in [0.25, 0.3) is 0 Å². The summed E-state index contributed by atoms with van der Waals surface area (Å²) in [7, 11) is 0. The van der Waals surface area contributed by atoms with Crippen molar-refractivity contribution in [2.24, 2.45) is 5.92 Å². The summed E-state index contributed by atoms with van der Waals surface area (Å²) in [6.45, 7) is 5.81. The predicted molar refractivity (Wildman–Crippen MR) is 74.5 cm³/mol. The summed E-state index contributed by atoms with van der Waals surface area (Å²) >= 11 is 0. The quantitative estimate of drug-likeness (QED) is 0.753. The molecule has 0 aliphatic heterocycles. The van der Waals surface area contributed by atoms with Crippen molar-refractivity contribution in [3.63, 3.8) is 0 Å². The third-order valence-corrected chi connectivity index (χ3v) is 3.61. The van der Waals surface area contributed by atoms with E-state index >= 15 is 0 Å². The molecule has 1 aromatic rings. The maximum absolute atomic E-state index is 12.8. The zero-order valence-corrected chi connectivity index (χ0v) is 11.7. The lowest BCUT2D eigenvalue weighted by molar-refractivity contribution is -0.120. The van der Waals surface area contributed by atoms with Crippen molar-refractivity contribution in [2.75, 3.05) is 13.1 Å². The number of halogens is 1. The van der Waals surface area contributed by atoms with Crippen LogP contribution in [0, 0.1) is 11.7 Å². The monoisotopic (exact) mass is 263 g/mol. The lowest BCUT2D eigenvalue weighted by Crippen LogP contribution is -2.37. The Balaban J connectivity index is 1.85.